The van der Waals surface area contributed by atoms with Crippen LogP contribution < -0.4 is 15.4 Å². The lowest BCUT2D eigenvalue weighted by Gasteiger charge is -2.10. The van der Waals surface area contributed by atoms with Gasteiger partial charge in [-0.2, -0.15) is 0 Å². The fourth-order valence-electron chi connectivity index (χ4n) is 3.08. The minimum Gasteiger partial charge on any atom is -0.484 e. The fraction of sp³-hybridized carbons (Fsp3) is 0.474. The predicted molar refractivity (Wildman–Crippen MR) is 94.6 cm³/mol. The van der Waals surface area contributed by atoms with Gasteiger partial charge in [0, 0.05) is 23.4 Å². The van der Waals surface area contributed by atoms with Crippen LogP contribution >= 0.6 is 0 Å². The van der Waals surface area contributed by atoms with Gasteiger partial charge in [-0.05, 0) is 51.3 Å². The van der Waals surface area contributed by atoms with E-state index in [1.807, 2.05) is 26.0 Å². The van der Waals surface area contributed by atoms with Crippen molar-refractivity contribution in [1.29, 1.82) is 0 Å². The highest BCUT2D eigenvalue weighted by molar-refractivity contribution is 5.86. The Morgan fingerprint density at radius 3 is 2.80 bits per heavy atom. The first-order valence-corrected chi connectivity index (χ1v) is 8.76. The number of fused-ring (bicyclic) bond motifs is 3. The summed E-state index contributed by atoms with van der Waals surface area (Å²) in [6.45, 7) is 3.57. The summed E-state index contributed by atoms with van der Waals surface area (Å²) in [7, 11) is 0. The molecule has 25 heavy (non-hydrogen) atoms. The van der Waals surface area contributed by atoms with Crippen LogP contribution in [0.5, 0.6) is 5.75 Å². The normalized spacial score (nSPS) is 13.6. The van der Waals surface area contributed by atoms with Gasteiger partial charge in [0.1, 0.15) is 17.1 Å². The molecule has 134 valence electrons. The Hall–Kier alpha value is -2.50. The highest BCUT2D eigenvalue weighted by atomic mass is 16.5. The second-order valence-corrected chi connectivity index (χ2v) is 6.66. The fourth-order valence-corrected chi connectivity index (χ4v) is 3.08. The summed E-state index contributed by atoms with van der Waals surface area (Å²) in [4.78, 5) is 23.3. The quantitative estimate of drug-likeness (QED) is 0.843. The molecule has 6 nitrogen and oxygen atoms in total. The molecule has 1 heterocycles. The van der Waals surface area contributed by atoms with Gasteiger partial charge < -0.3 is 19.8 Å². The van der Waals surface area contributed by atoms with E-state index in [1.165, 1.54) is 18.4 Å². The molecule has 0 saturated heterocycles. The molecule has 6 heteroatoms. The van der Waals surface area contributed by atoms with Crippen LogP contribution in [0.15, 0.2) is 22.6 Å². The average Bonchev–Trinajstić information content (AvgIpc) is 2.95. The van der Waals surface area contributed by atoms with Gasteiger partial charge in [-0.3, -0.25) is 9.59 Å². The zero-order chi connectivity index (χ0) is 17.8. The molecule has 0 atom stereocenters. The predicted octanol–water partition coefficient (Wildman–Crippen LogP) is 2.33. The van der Waals surface area contributed by atoms with E-state index < -0.39 is 0 Å². The van der Waals surface area contributed by atoms with Crippen LogP contribution in [0.25, 0.3) is 11.0 Å². The third-order valence-electron chi connectivity index (χ3n) is 4.19. The third kappa shape index (κ3) is 4.32. The molecule has 0 fully saturated rings. The lowest BCUT2D eigenvalue weighted by atomic mass is 9.96. The van der Waals surface area contributed by atoms with Gasteiger partial charge in [0.25, 0.3) is 5.91 Å². The van der Waals surface area contributed by atoms with Crippen LogP contribution in [0, 0.1) is 0 Å². The van der Waals surface area contributed by atoms with Crippen molar-refractivity contribution in [3.8, 4) is 5.75 Å². The Bertz CT molecular complexity index is 779. The van der Waals surface area contributed by atoms with E-state index in [0.717, 1.165) is 29.6 Å². The zero-order valence-corrected chi connectivity index (χ0v) is 14.7. The Morgan fingerprint density at radius 2 is 2.00 bits per heavy atom. The number of ether oxygens (including phenoxy) is 1. The highest BCUT2D eigenvalue weighted by Gasteiger charge is 2.18. The zero-order valence-electron chi connectivity index (χ0n) is 14.7. The molecule has 1 aliphatic carbocycles. The highest BCUT2D eigenvalue weighted by Crippen LogP contribution is 2.33. The minimum atomic E-state index is -0.326. The molecule has 3 rings (SSSR count). The van der Waals surface area contributed by atoms with Crippen molar-refractivity contribution < 1.29 is 18.7 Å². The molecular formula is C19H24N2O4. The van der Waals surface area contributed by atoms with E-state index in [1.54, 1.807) is 6.07 Å². The summed E-state index contributed by atoms with van der Waals surface area (Å²) in [6, 6.07) is 5.67. The van der Waals surface area contributed by atoms with Gasteiger partial charge in [-0.1, -0.05) is 0 Å². The number of aryl methyl sites for hydroxylation is 2. The minimum absolute atomic E-state index is 0.0470. The van der Waals surface area contributed by atoms with E-state index in [2.05, 4.69) is 10.6 Å². The Labute approximate surface area is 146 Å². The van der Waals surface area contributed by atoms with Gasteiger partial charge >= 0.3 is 0 Å². The summed E-state index contributed by atoms with van der Waals surface area (Å²) in [5.41, 5.74) is 2.13. The molecule has 1 aromatic carbocycles. The van der Waals surface area contributed by atoms with Crippen molar-refractivity contribution >= 4 is 22.8 Å². The Morgan fingerprint density at radius 1 is 1.20 bits per heavy atom. The Kier molecular flexibility index (Phi) is 5.26. The van der Waals surface area contributed by atoms with E-state index >= 15 is 0 Å². The number of amides is 2. The molecule has 2 aromatic rings. The van der Waals surface area contributed by atoms with Crippen molar-refractivity contribution in [2.75, 3.05) is 13.2 Å². The van der Waals surface area contributed by atoms with E-state index in [4.69, 9.17) is 9.15 Å². The van der Waals surface area contributed by atoms with Crippen LogP contribution in [-0.4, -0.2) is 31.0 Å². The first-order chi connectivity index (χ1) is 12.0. The first-order valence-electron chi connectivity index (χ1n) is 8.76. The molecule has 0 aliphatic heterocycles. The van der Waals surface area contributed by atoms with Crippen molar-refractivity contribution in [2.45, 2.75) is 45.6 Å². The maximum Gasteiger partial charge on any atom is 0.258 e. The number of furan rings is 1. The summed E-state index contributed by atoms with van der Waals surface area (Å²) in [5.74, 6) is 1.17. The van der Waals surface area contributed by atoms with Crippen molar-refractivity contribution in [2.24, 2.45) is 0 Å². The first kappa shape index (κ1) is 17.3. The van der Waals surface area contributed by atoms with Gasteiger partial charge in [0.05, 0.1) is 6.54 Å². The van der Waals surface area contributed by atoms with E-state index in [0.29, 0.717) is 5.75 Å². The molecule has 0 bridgehead atoms. The van der Waals surface area contributed by atoms with Gasteiger partial charge in [0.2, 0.25) is 5.91 Å². The molecule has 1 aromatic heterocycles. The number of carbonyl (C=O) groups excluding carboxylic acids is 2. The van der Waals surface area contributed by atoms with Crippen molar-refractivity contribution in [3.63, 3.8) is 0 Å². The van der Waals surface area contributed by atoms with E-state index in [-0.39, 0.29) is 31.0 Å². The molecular weight excluding hydrogens is 320 g/mol. The van der Waals surface area contributed by atoms with Gasteiger partial charge in [0.15, 0.2) is 6.61 Å². The summed E-state index contributed by atoms with van der Waals surface area (Å²) < 4.78 is 11.5. The molecule has 0 spiro atoms. The number of carbonyl (C=O) groups is 2. The average molecular weight is 344 g/mol. The second-order valence-electron chi connectivity index (χ2n) is 6.66. The standard InChI is InChI=1S/C19H24N2O4/c1-12(2)21-18(22)10-20-19(23)11-24-13-7-8-17-15(9-13)14-5-3-4-6-16(14)25-17/h7-9,12H,3-6,10-11H2,1-2H3,(H,20,23)(H,21,22). The van der Waals surface area contributed by atoms with E-state index in [9.17, 15) is 9.59 Å². The molecule has 0 saturated carbocycles. The van der Waals surface area contributed by atoms with Crippen molar-refractivity contribution in [1.82, 2.24) is 10.6 Å². The smallest absolute Gasteiger partial charge is 0.258 e. The third-order valence-corrected chi connectivity index (χ3v) is 4.19. The van der Waals surface area contributed by atoms with Crippen LogP contribution in [0.2, 0.25) is 0 Å². The maximum atomic E-state index is 11.8. The number of hydrogen-bond donors (Lipinski definition) is 2. The number of nitrogens with one attached hydrogen (secondary N) is 2. The lowest BCUT2D eigenvalue weighted by molar-refractivity contribution is -0.127. The number of rotatable bonds is 6. The topological polar surface area (TPSA) is 80.6 Å². The number of hydrogen-bond acceptors (Lipinski definition) is 4. The molecule has 2 N–H and O–H groups in total. The Balaban J connectivity index is 1.56. The molecule has 2 amide bonds. The second kappa shape index (κ2) is 7.59. The van der Waals surface area contributed by atoms with Gasteiger partial charge in [-0.25, -0.2) is 0 Å². The SMILES string of the molecule is CC(C)NC(=O)CNC(=O)COc1ccc2oc3c(c2c1)CCCC3. The summed E-state index contributed by atoms with van der Waals surface area (Å²) in [6.07, 6.45) is 4.35. The van der Waals surface area contributed by atoms with Gasteiger partial charge in [-0.15, -0.1) is 0 Å². The molecule has 0 unspecified atom stereocenters. The molecule has 0 radical (unpaired) electrons. The monoisotopic (exact) mass is 344 g/mol. The van der Waals surface area contributed by atoms with Crippen LogP contribution in [0.1, 0.15) is 38.0 Å². The molecule has 1 aliphatic rings. The maximum absolute atomic E-state index is 11.8. The van der Waals surface area contributed by atoms with Crippen LogP contribution in [0.4, 0.5) is 0 Å². The summed E-state index contributed by atoms with van der Waals surface area (Å²) in [5, 5.41) is 6.33. The van der Waals surface area contributed by atoms with Crippen LogP contribution in [0.3, 0.4) is 0 Å². The van der Waals surface area contributed by atoms with Crippen LogP contribution in [-0.2, 0) is 22.4 Å². The van der Waals surface area contributed by atoms with Crippen molar-refractivity contribution in [3.05, 3.63) is 29.5 Å². The number of benzene rings is 1. The largest absolute Gasteiger partial charge is 0.484 e. The lowest BCUT2D eigenvalue weighted by Crippen LogP contribution is -2.41. The summed E-state index contributed by atoms with van der Waals surface area (Å²) >= 11 is 0.